The lowest BCUT2D eigenvalue weighted by molar-refractivity contribution is 0.598. The third-order valence-electron chi connectivity index (χ3n) is 3.19. The first kappa shape index (κ1) is 11.7. The molecule has 0 aliphatic rings. The molecule has 0 aliphatic heterocycles. The molecule has 0 heterocycles. The van der Waals surface area contributed by atoms with Crippen molar-refractivity contribution in [1.29, 1.82) is 0 Å². The molecule has 0 spiro atoms. The molecule has 2 aromatic carbocycles. The van der Waals surface area contributed by atoms with Crippen LogP contribution in [0.25, 0.3) is 0 Å². The maximum absolute atomic E-state index is 6.28. The Balaban J connectivity index is 2.20. The Morgan fingerprint density at radius 2 is 1.41 bits per heavy atom. The van der Waals surface area contributed by atoms with Gasteiger partial charge in [-0.05, 0) is 23.3 Å². The molecule has 17 heavy (non-hydrogen) atoms. The molecular formula is C15H18N2. The maximum atomic E-state index is 6.28. The smallest absolute Gasteiger partial charge is 0.0361 e. The highest BCUT2D eigenvalue weighted by Gasteiger charge is 2.16. The summed E-state index contributed by atoms with van der Waals surface area (Å²) in [5.74, 6) is 0.276. The second-order valence-electron chi connectivity index (χ2n) is 4.39. The summed E-state index contributed by atoms with van der Waals surface area (Å²) in [6, 6.07) is 18.1. The molecule has 88 valence electrons. The topological polar surface area (TPSA) is 52.0 Å². The number of hydrogen-bond acceptors (Lipinski definition) is 2. The van der Waals surface area contributed by atoms with E-state index in [-0.39, 0.29) is 12.0 Å². The molecule has 0 saturated carbocycles. The van der Waals surface area contributed by atoms with Crippen LogP contribution in [0.5, 0.6) is 0 Å². The van der Waals surface area contributed by atoms with Crippen molar-refractivity contribution in [3.05, 3.63) is 65.7 Å². The van der Waals surface area contributed by atoms with Gasteiger partial charge < -0.3 is 11.5 Å². The molecule has 2 rings (SSSR count). The lowest BCUT2D eigenvalue weighted by Gasteiger charge is -2.20. The average molecular weight is 226 g/mol. The predicted molar refractivity (Wildman–Crippen MR) is 72.6 cm³/mol. The zero-order chi connectivity index (χ0) is 12.3. The summed E-state index contributed by atoms with van der Waals surface area (Å²) < 4.78 is 0. The Morgan fingerprint density at radius 1 is 0.824 bits per heavy atom. The van der Waals surface area contributed by atoms with Crippen molar-refractivity contribution in [2.45, 2.75) is 18.9 Å². The van der Waals surface area contributed by atoms with E-state index in [1.807, 2.05) is 42.5 Å². The maximum Gasteiger partial charge on any atom is 0.0361 e. The molecule has 0 fully saturated rings. The normalized spacial score (nSPS) is 14.2. The van der Waals surface area contributed by atoms with E-state index in [2.05, 4.69) is 19.1 Å². The molecule has 0 aliphatic carbocycles. The summed E-state index contributed by atoms with van der Waals surface area (Å²) in [5.41, 5.74) is 15.1. The minimum atomic E-state index is 0.0137. The van der Waals surface area contributed by atoms with E-state index in [1.54, 1.807) is 0 Å². The summed E-state index contributed by atoms with van der Waals surface area (Å²) in [6.45, 7) is 2.14. The quantitative estimate of drug-likeness (QED) is 0.790. The minimum Gasteiger partial charge on any atom is -0.399 e. The van der Waals surface area contributed by atoms with Gasteiger partial charge >= 0.3 is 0 Å². The largest absolute Gasteiger partial charge is 0.399 e. The van der Waals surface area contributed by atoms with Gasteiger partial charge in [0, 0.05) is 17.6 Å². The van der Waals surface area contributed by atoms with E-state index in [0.717, 1.165) is 11.3 Å². The van der Waals surface area contributed by atoms with Gasteiger partial charge in [0.05, 0.1) is 0 Å². The second-order valence-corrected chi connectivity index (χ2v) is 4.39. The third-order valence-corrected chi connectivity index (χ3v) is 3.19. The van der Waals surface area contributed by atoms with Crippen LogP contribution in [0.2, 0.25) is 0 Å². The van der Waals surface area contributed by atoms with Crippen LogP contribution in [-0.4, -0.2) is 0 Å². The van der Waals surface area contributed by atoms with E-state index < -0.39 is 0 Å². The van der Waals surface area contributed by atoms with Crippen LogP contribution in [-0.2, 0) is 0 Å². The molecule has 0 radical (unpaired) electrons. The van der Waals surface area contributed by atoms with Gasteiger partial charge in [0.25, 0.3) is 0 Å². The van der Waals surface area contributed by atoms with Crippen LogP contribution >= 0.6 is 0 Å². The molecule has 2 heteroatoms. The lowest BCUT2D eigenvalue weighted by atomic mass is 9.89. The van der Waals surface area contributed by atoms with Crippen molar-refractivity contribution in [3.8, 4) is 0 Å². The van der Waals surface area contributed by atoms with Gasteiger partial charge in [-0.3, -0.25) is 0 Å². The summed E-state index contributed by atoms with van der Waals surface area (Å²) in [6.07, 6.45) is 0. The predicted octanol–water partition coefficient (Wildman–Crippen LogP) is 3.07. The van der Waals surface area contributed by atoms with Crippen molar-refractivity contribution < 1.29 is 0 Å². The molecule has 4 N–H and O–H groups in total. The first-order chi connectivity index (χ1) is 8.18. The first-order valence-corrected chi connectivity index (χ1v) is 5.84. The highest BCUT2D eigenvalue weighted by atomic mass is 14.6. The van der Waals surface area contributed by atoms with Crippen molar-refractivity contribution in [2.75, 3.05) is 5.73 Å². The van der Waals surface area contributed by atoms with E-state index >= 15 is 0 Å². The van der Waals surface area contributed by atoms with Gasteiger partial charge in [0.2, 0.25) is 0 Å². The summed E-state index contributed by atoms with van der Waals surface area (Å²) >= 11 is 0. The van der Waals surface area contributed by atoms with Gasteiger partial charge in [-0.2, -0.15) is 0 Å². The molecule has 0 amide bonds. The fraction of sp³-hybridized carbons (Fsp3) is 0.200. The standard InChI is InChI=1S/C15H18N2/c1-11(12-7-9-14(16)10-8-12)15(17)13-5-3-2-4-6-13/h2-11,15H,16-17H2,1H3. The van der Waals surface area contributed by atoms with Crippen LogP contribution in [0.15, 0.2) is 54.6 Å². The molecular weight excluding hydrogens is 208 g/mol. The van der Waals surface area contributed by atoms with Crippen LogP contribution < -0.4 is 11.5 Å². The Morgan fingerprint density at radius 3 is 2.00 bits per heavy atom. The summed E-state index contributed by atoms with van der Waals surface area (Å²) in [7, 11) is 0. The molecule has 2 unspecified atom stereocenters. The molecule has 2 aromatic rings. The second kappa shape index (κ2) is 5.02. The van der Waals surface area contributed by atoms with Crippen molar-refractivity contribution in [2.24, 2.45) is 5.73 Å². The zero-order valence-corrected chi connectivity index (χ0v) is 10.0. The average Bonchev–Trinajstić information content (AvgIpc) is 2.39. The highest BCUT2D eigenvalue weighted by Crippen LogP contribution is 2.28. The molecule has 0 aromatic heterocycles. The van der Waals surface area contributed by atoms with Gasteiger partial charge in [0.15, 0.2) is 0 Å². The number of benzene rings is 2. The number of nitrogens with two attached hydrogens (primary N) is 2. The molecule has 2 atom stereocenters. The fourth-order valence-electron chi connectivity index (χ4n) is 1.97. The lowest BCUT2D eigenvalue weighted by Crippen LogP contribution is -2.17. The zero-order valence-electron chi connectivity index (χ0n) is 10.0. The first-order valence-electron chi connectivity index (χ1n) is 5.84. The molecule has 2 nitrogen and oxygen atoms in total. The Kier molecular flexibility index (Phi) is 3.45. The Bertz CT molecular complexity index is 462. The van der Waals surface area contributed by atoms with Crippen LogP contribution in [0.4, 0.5) is 5.69 Å². The van der Waals surface area contributed by atoms with Crippen LogP contribution in [0.1, 0.15) is 30.0 Å². The SMILES string of the molecule is CC(c1ccc(N)cc1)C(N)c1ccccc1. The summed E-state index contributed by atoms with van der Waals surface area (Å²) in [5, 5.41) is 0. The van der Waals surface area contributed by atoms with E-state index in [1.165, 1.54) is 5.56 Å². The number of hydrogen-bond donors (Lipinski definition) is 2. The monoisotopic (exact) mass is 226 g/mol. The van der Waals surface area contributed by atoms with Gasteiger partial charge in [-0.25, -0.2) is 0 Å². The summed E-state index contributed by atoms with van der Waals surface area (Å²) in [4.78, 5) is 0. The Labute approximate surface area is 102 Å². The number of nitrogen functional groups attached to an aromatic ring is 1. The fourth-order valence-corrected chi connectivity index (χ4v) is 1.97. The number of rotatable bonds is 3. The van der Waals surface area contributed by atoms with Crippen molar-refractivity contribution >= 4 is 5.69 Å². The van der Waals surface area contributed by atoms with Crippen molar-refractivity contribution in [3.63, 3.8) is 0 Å². The minimum absolute atomic E-state index is 0.0137. The Hall–Kier alpha value is -1.80. The number of anilines is 1. The highest BCUT2D eigenvalue weighted by molar-refractivity contribution is 5.41. The van der Waals surface area contributed by atoms with Crippen LogP contribution in [0, 0.1) is 0 Å². The van der Waals surface area contributed by atoms with E-state index in [9.17, 15) is 0 Å². The molecule has 0 saturated heterocycles. The van der Waals surface area contributed by atoms with Gasteiger partial charge in [-0.1, -0.05) is 49.4 Å². The van der Waals surface area contributed by atoms with E-state index in [0.29, 0.717) is 0 Å². The van der Waals surface area contributed by atoms with Crippen LogP contribution in [0.3, 0.4) is 0 Å². The van der Waals surface area contributed by atoms with Crippen molar-refractivity contribution in [1.82, 2.24) is 0 Å². The van der Waals surface area contributed by atoms with Gasteiger partial charge in [0.1, 0.15) is 0 Å². The van der Waals surface area contributed by atoms with E-state index in [4.69, 9.17) is 11.5 Å². The third kappa shape index (κ3) is 2.66. The molecule has 0 bridgehead atoms. The van der Waals surface area contributed by atoms with Gasteiger partial charge in [-0.15, -0.1) is 0 Å².